The predicted molar refractivity (Wildman–Crippen MR) is 116 cm³/mol. The van der Waals surface area contributed by atoms with E-state index in [0.717, 1.165) is 42.0 Å². The summed E-state index contributed by atoms with van der Waals surface area (Å²) in [5.74, 6) is 1.00. The molecule has 0 N–H and O–H groups in total. The number of hydrogen-bond acceptors (Lipinski definition) is 5. The van der Waals surface area contributed by atoms with Gasteiger partial charge in [0.15, 0.2) is 5.78 Å². The Hall–Kier alpha value is -2.67. The predicted octanol–water partition coefficient (Wildman–Crippen LogP) is 3.19. The molecule has 0 bridgehead atoms. The van der Waals surface area contributed by atoms with Gasteiger partial charge in [0.25, 0.3) is 0 Å². The van der Waals surface area contributed by atoms with Crippen molar-refractivity contribution in [3.8, 4) is 5.75 Å². The molecule has 1 aromatic heterocycles. The standard InChI is InChI=1S/C24H31N3O4/c1-16-22(18(3)28)17(2)27(25-16)12-8-21(29)26-13-10-24(11-14-26)23-19(9-15-31-24)6-5-7-20(23)30-4/h5-7H,8-15H2,1-4H3. The van der Waals surface area contributed by atoms with Gasteiger partial charge in [0.05, 0.1) is 25.0 Å². The molecule has 1 spiro atoms. The minimum absolute atomic E-state index is 0.0112. The van der Waals surface area contributed by atoms with Crippen LogP contribution in [0.25, 0.3) is 0 Å². The second-order valence-electron chi connectivity index (χ2n) is 8.54. The lowest BCUT2D eigenvalue weighted by Crippen LogP contribution is -2.48. The Morgan fingerprint density at radius 2 is 1.97 bits per heavy atom. The van der Waals surface area contributed by atoms with E-state index in [1.165, 1.54) is 5.56 Å². The van der Waals surface area contributed by atoms with Gasteiger partial charge in [-0.25, -0.2) is 0 Å². The number of carbonyl (C=O) groups is 2. The van der Waals surface area contributed by atoms with E-state index in [9.17, 15) is 9.59 Å². The Morgan fingerprint density at radius 1 is 1.23 bits per heavy atom. The van der Waals surface area contributed by atoms with Gasteiger partial charge in [-0.2, -0.15) is 5.10 Å². The smallest absolute Gasteiger partial charge is 0.224 e. The van der Waals surface area contributed by atoms with Crippen LogP contribution in [0.1, 0.15) is 59.1 Å². The van der Waals surface area contributed by atoms with Gasteiger partial charge >= 0.3 is 0 Å². The molecular weight excluding hydrogens is 394 g/mol. The number of piperidine rings is 1. The van der Waals surface area contributed by atoms with Crippen LogP contribution in [-0.2, 0) is 28.1 Å². The SMILES string of the molecule is COc1cccc2c1C1(CCN(C(=O)CCn3nc(C)c(C(C)=O)c3C)CC1)OCC2. The number of aryl methyl sites for hydroxylation is 2. The average Bonchev–Trinajstić information content (AvgIpc) is 3.05. The summed E-state index contributed by atoms with van der Waals surface area (Å²) in [6, 6.07) is 6.19. The zero-order chi connectivity index (χ0) is 22.2. The highest BCUT2D eigenvalue weighted by Gasteiger charge is 2.43. The van der Waals surface area contributed by atoms with Crippen molar-refractivity contribution in [2.75, 3.05) is 26.8 Å². The third kappa shape index (κ3) is 3.87. The fourth-order valence-corrected chi connectivity index (χ4v) is 5.20. The van der Waals surface area contributed by atoms with E-state index in [4.69, 9.17) is 9.47 Å². The Bertz CT molecular complexity index is 988. The van der Waals surface area contributed by atoms with Crippen molar-refractivity contribution >= 4 is 11.7 Å². The van der Waals surface area contributed by atoms with E-state index in [2.05, 4.69) is 11.2 Å². The highest BCUT2D eigenvalue weighted by molar-refractivity contribution is 5.96. The molecule has 1 aromatic carbocycles. The minimum Gasteiger partial charge on any atom is -0.496 e. The summed E-state index contributed by atoms with van der Waals surface area (Å²) in [6.45, 7) is 7.77. The van der Waals surface area contributed by atoms with Crippen LogP contribution >= 0.6 is 0 Å². The number of amides is 1. The molecule has 1 fully saturated rings. The molecule has 31 heavy (non-hydrogen) atoms. The highest BCUT2D eigenvalue weighted by Crippen LogP contribution is 2.45. The fraction of sp³-hybridized carbons (Fsp3) is 0.542. The number of Topliss-reactive ketones (excluding diaryl/α,β-unsaturated/α-hetero) is 1. The molecule has 7 nitrogen and oxygen atoms in total. The minimum atomic E-state index is -0.372. The number of carbonyl (C=O) groups excluding carboxylic acids is 2. The Labute approximate surface area is 183 Å². The molecule has 0 aliphatic carbocycles. The van der Waals surface area contributed by atoms with Gasteiger partial charge in [-0.15, -0.1) is 0 Å². The molecule has 1 saturated heterocycles. The lowest BCUT2D eigenvalue weighted by atomic mass is 9.78. The van der Waals surface area contributed by atoms with E-state index in [1.807, 2.05) is 30.9 Å². The summed E-state index contributed by atoms with van der Waals surface area (Å²) >= 11 is 0. The van der Waals surface area contributed by atoms with Gasteiger partial charge in [0, 0.05) is 37.3 Å². The van der Waals surface area contributed by atoms with Gasteiger partial charge in [-0.05, 0) is 51.7 Å². The molecule has 7 heteroatoms. The summed E-state index contributed by atoms with van der Waals surface area (Å²) in [6.07, 6.45) is 2.79. The van der Waals surface area contributed by atoms with Crippen LogP contribution in [0, 0.1) is 13.8 Å². The topological polar surface area (TPSA) is 73.7 Å². The molecule has 2 aliphatic rings. The Kier molecular flexibility index (Phi) is 5.88. The van der Waals surface area contributed by atoms with E-state index in [0.29, 0.717) is 38.2 Å². The normalized spacial score (nSPS) is 17.5. The maximum Gasteiger partial charge on any atom is 0.224 e. The third-order valence-corrected chi connectivity index (χ3v) is 6.73. The first-order valence-corrected chi connectivity index (χ1v) is 11.0. The monoisotopic (exact) mass is 425 g/mol. The maximum atomic E-state index is 12.9. The van der Waals surface area contributed by atoms with Crippen LogP contribution in [0.5, 0.6) is 5.75 Å². The molecule has 0 saturated carbocycles. The number of aromatic nitrogens is 2. The van der Waals surface area contributed by atoms with Gasteiger partial charge in [-0.3, -0.25) is 14.3 Å². The number of nitrogens with zero attached hydrogens (tertiary/aromatic N) is 3. The lowest BCUT2D eigenvalue weighted by Gasteiger charge is -2.45. The van der Waals surface area contributed by atoms with Crippen LogP contribution in [0.2, 0.25) is 0 Å². The van der Waals surface area contributed by atoms with Crippen molar-refractivity contribution < 1.29 is 19.1 Å². The second kappa shape index (κ2) is 8.46. The molecular formula is C24H31N3O4. The zero-order valence-corrected chi connectivity index (χ0v) is 18.9. The molecule has 4 rings (SSSR count). The highest BCUT2D eigenvalue weighted by atomic mass is 16.5. The molecule has 2 aromatic rings. The number of fused-ring (bicyclic) bond motifs is 2. The first-order valence-electron chi connectivity index (χ1n) is 11.0. The van der Waals surface area contributed by atoms with Gasteiger partial charge in [0.1, 0.15) is 11.4 Å². The quantitative estimate of drug-likeness (QED) is 0.688. The maximum absolute atomic E-state index is 12.9. The zero-order valence-electron chi connectivity index (χ0n) is 18.9. The van der Waals surface area contributed by atoms with Gasteiger partial charge in [0.2, 0.25) is 5.91 Å². The van der Waals surface area contributed by atoms with E-state index in [1.54, 1.807) is 18.7 Å². The van der Waals surface area contributed by atoms with Crippen LogP contribution < -0.4 is 4.74 Å². The van der Waals surface area contributed by atoms with Crippen LogP contribution in [0.15, 0.2) is 18.2 Å². The van der Waals surface area contributed by atoms with Crippen molar-refractivity contribution in [1.29, 1.82) is 0 Å². The largest absolute Gasteiger partial charge is 0.496 e. The lowest BCUT2D eigenvalue weighted by molar-refractivity contribution is -0.141. The van der Waals surface area contributed by atoms with E-state index < -0.39 is 0 Å². The molecule has 0 atom stereocenters. The number of ketones is 1. The number of rotatable bonds is 5. The summed E-state index contributed by atoms with van der Waals surface area (Å²) in [7, 11) is 1.70. The molecule has 0 radical (unpaired) electrons. The van der Waals surface area contributed by atoms with Crippen molar-refractivity contribution in [3.63, 3.8) is 0 Å². The molecule has 3 heterocycles. The molecule has 166 valence electrons. The number of methoxy groups -OCH3 is 1. The molecule has 0 unspecified atom stereocenters. The van der Waals surface area contributed by atoms with Crippen molar-refractivity contribution in [2.24, 2.45) is 0 Å². The Morgan fingerprint density at radius 3 is 2.61 bits per heavy atom. The summed E-state index contributed by atoms with van der Waals surface area (Å²) in [5.41, 5.74) is 4.29. The van der Waals surface area contributed by atoms with Crippen LogP contribution in [-0.4, -0.2) is 53.2 Å². The van der Waals surface area contributed by atoms with Crippen molar-refractivity contribution in [2.45, 2.75) is 58.6 Å². The van der Waals surface area contributed by atoms with Gasteiger partial charge in [-0.1, -0.05) is 12.1 Å². The summed E-state index contributed by atoms with van der Waals surface area (Å²) in [5, 5.41) is 4.45. The number of benzene rings is 1. The van der Waals surface area contributed by atoms with Gasteiger partial charge < -0.3 is 14.4 Å². The Balaban J connectivity index is 1.42. The fourth-order valence-electron chi connectivity index (χ4n) is 5.20. The second-order valence-corrected chi connectivity index (χ2v) is 8.54. The molecule has 2 aliphatic heterocycles. The number of likely N-dealkylation sites (tertiary alicyclic amines) is 1. The van der Waals surface area contributed by atoms with Crippen molar-refractivity contribution in [3.05, 3.63) is 46.3 Å². The summed E-state index contributed by atoms with van der Waals surface area (Å²) < 4.78 is 13.7. The summed E-state index contributed by atoms with van der Waals surface area (Å²) in [4.78, 5) is 26.6. The average molecular weight is 426 g/mol. The molecule has 1 amide bonds. The first kappa shape index (κ1) is 21.6. The van der Waals surface area contributed by atoms with Crippen LogP contribution in [0.4, 0.5) is 0 Å². The van der Waals surface area contributed by atoms with E-state index >= 15 is 0 Å². The first-order chi connectivity index (χ1) is 14.9. The van der Waals surface area contributed by atoms with E-state index in [-0.39, 0.29) is 17.3 Å². The third-order valence-electron chi connectivity index (χ3n) is 6.73. The van der Waals surface area contributed by atoms with Crippen molar-refractivity contribution in [1.82, 2.24) is 14.7 Å². The van der Waals surface area contributed by atoms with Crippen LogP contribution in [0.3, 0.4) is 0 Å². The number of ether oxygens (including phenoxy) is 2. The number of hydrogen-bond donors (Lipinski definition) is 0.